The number of morpholine rings is 1. The monoisotopic (exact) mass is 367 g/mol. The average Bonchev–Trinajstić information content (AvgIpc) is 2.99. The molecule has 3 heterocycles. The number of nitrogens with zero attached hydrogens (tertiary/aromatic N) is 3. The summed E-state index contributed by atoms with van der Waals surface area (Å²) >= 11 is 0. The molecular weight excluding hydrogens is 342 g/mol. The van der Waals surface area contributed by atoms with Crippen molar-refractivity contribution < 1.29 is 17.9 Å². The molecule has 3 rings (SSSR count). The van der Waals surface area contributed by atoms with Gasteiger partial charge in [0.15, 0.2) is 9.84 Å². The van der Waals surface area contributed by atoms with Crippen LogP contribution in [0, 0.1) is 0 Å². The van der Waals surface area contributed by atoms with Crippen molar-refractivity contribution in [2.45, 2.75) is 18.9 Å². The molecule has 7 nitrogen and oxygen atoms in total. The molecule has 0 radical (unpaired) electrons. The quantitative estimate of drug-likeness (QED) is 0.726. The Morgan fingerprint density at radius 2 is 2.16 bits per heavy atom. The highest BCUT2D eigenvalue weighted by Crippen LogP contribution is 2.20. The van der Waals surface area contributed by atoms with Crippen molar-refractivity contribution in [3.8, 4) is 0 Å². The summed E-state index contributed by atoms with van der Waals surface area (Å²) in [7, 11) is -3.04. The third kappa shape index (κ3) is 4.99. The second-order valence-corrected chi connectivity index (χ2v) is 8.83. The predicted octanol–water partition coefficient (Wildman–Crippen LogP) is 0.433. The standard InChI is InChI=1S/C17H25N3O4S/c21-17(15-3-1-5-18-13-15)20(16-4-12-25(22,23)14-16)7-2-6-19-8-10-24-11-9-19/h1,3,5,13,16H,2,4,6-12,14H2. The average molecular weight is 367 g/mol. The fraction of sp³-hybridized carbons (Fsp3) is 0.647. The topological polar surface area (TPSA) is 79.8 Å². The molecule has 1 amide bonds. The summed E-state index contributed by atoms with van der Waals surface area (Å²) in [5, 5.41) is 0. The maximum absolute atomic E-state index is 12.9. The number of carbonyl (C=O) groups is 1. The lowest BCUT2D eigenvalue weighted by Gasteiger charge is -2.31. The number of hydrogen-bond acceptors (Lipinski definition) is 6. The van der Waals surface area contributed by atoms with Crippen molar-refractivity contribution in [2.24, 2.45) is 0 Å². The molecule has 1 aromatic rings. The van der Waals surface area contributed by atoms with Gasteiger partial charge in [0.25, 0.3) is 5.91 Å². The van der Waals surface area contributed by atoms with Gasteiger partial charge in [0, 0.05) is 44.6 Å². The number of aromatic nitrogens is 1. The Labute approximate surface area is 148 Å². The Morgan fingerprint density at radius 1 is 1.36 bits per heavy atom. The van der Waals surface area contributed by atoms with Gasteiger partial charge in [-0.3, -0.25) is 14.7 Å². The first kappa shape index (κ1) is 18.3. The van der Waals surface area contributed by atoms with Crippen LogP contribution >= 0.6 is 0 Å². The number of pyridine rings is 1. The van der Waals surface area contributed by atoms with Gasteiger partial charge in [-0.05, 0) is 25.0 Å². The highest BCUT2D eigenvalue weighted by atomic mass is 32.2. The summed E-state index contributed by atoms with van der Waals surface area (Å²) < 4.78 is 29.1. The van der Waals surface area contributed by atoms with Crippen LogP contribution in [0.2, 0.25) is 0 Å². The van der Waals surface area contributed by atoms with E-state index in [0.717, 1.165) is 39.3 Å². The lowest BCUT2D eigenvalue weighted by Crippen LogP contribution is -2.43. The van der Waals surface area contributed by atoms with Crippen LogP contribution < -0.4 is 0 Å². The molecule has 138 valence electrons. The van der Waals surface area contributed by atoms with E-state index in [0.29, 0.717) is 18.5 Å². The van der Waals surface area contributed by atoms with Crippen molar-refractivity contribution in [3.05, 3.63) is 30.1 Å². The first-order valence-electron chi connectivity index (χ1n) is 8.77. The molecule has 0 aromatic carbocycles. The summed E-state index contributed by atoms with van der Waals surface area (Å²) in [6.45, 7) is 4.77. The second-order valence-electron chi connectivity index (χ2n) is 6.60. The van der Waals surface area contributed by atoms with Crippen molar-refractivity contribution in [1.82, 2.24) is 14.8 Å². The normalized spacial score (nSPS) is 23.4. The molecule has 0 spiro atoms. The Balaban J connectivity index is 1.65. The minimum absolute atomic E-state index is 0.0660. The molecule has 2 fully saturated rings. The number of sulfone groups is 1. The molecule has 8 heteroatoms. The van der Waals surface area contributed by atoms with Gasteiger partial charge in [-0.2, -0.15) is 0 Å². The molecule has 2 aliphatic heterocycles. The highest BCUT2D eigenvalue weighted by molar-refractivity contribution is 7.91. The fourth-order valence-corrected chi connectivity index (χ4v) is 5.15. The third-order valence-electron chi connectivity index (χ3n) is 4.80. The smallest absolute Gasteiger partial charge is 0.255 e. The molecule has 1 atom stereocenters. The Kier molecular flexibility index (Phi) is 6.03. The molecule has 0 saturated carbocycles. The molecule has 1 aromatic heterocycles. The van der Waals surface area contributed by atoms with E-state index in [1.54, 1.807) is 29.4 Å². The minimum Gasteiger partial charge on any atom is -0.379 e. The van der Waals surface area contributed by atoms with Crippen LogP contribution in [0.15, 0.2) is 24.5 Å². The number of ether oxygens (including phenoxy) is 1. The first-order valence-corrected chi connectivity index (χ1v) is 10.6. The SMILES string of the molecule is O=C(c1cccnc1)N(CCCN1CCOCC1)C1CCS(=O)(=O)C1. The molecule has 25 heavy (non-hydrogen) atoms. The molecule has 0 N–H and O–H groups in total. The molecule has 2 saturated heterocycles. The van der Waals surface area contributed by atoms with Crippen molar-refractivity contribution in [2.75, 3.05) is 50.9 Å². The van der Waals surface area contributed by atoms with Crippen LogP contribution in [0.3, 0.4) is 0 Å². The van der Waals surface area contributed by atoms with Crippen molar-refractivity contribution in [3.63, 3.8) is 0 Å². The minimum atomic E-state index is -3.04. The van der Waals surface area contributed by atoms with Gasteiger partial charge in [0.2, 0.25) is 0 Å². The Morgan fingerprint density at radius 3 is 2.80 bits per heavy atom. The second kappa shape index (κ2) is 8.25. The van der Waals surface area contributed by atoms with E-state index in [1.165, 1.54) is 0 Å². The zero-order chi connectivity index (χ0) is 17.7. The van der Waals surface area contributed by atoms with Crippen molar-refractivity contribution in [1.29, 1.82) is 0 Å². The van der Waals surface area contributed by atoms with Crippen LogP contribution in [0.4, 0.5) is 0 Å². The maximum Gasteiger partial charge on any atom is 0.255 e. The Hall–Kier alpha value is -1.51. The number of rotatable bonds is 6. The van der Waals surface area contributed by atoms with E-state index < -0.39 is 9.84 Å². The molecular formula is C17H25N3O4S. The van der Waals surface area contributed by atoms with Crippen LogP contribution in [-0.4, -0.2) is 86.0 Å². The maximum atomic E-state index is 12.9. The van der Waals surface area contributed by atoms with E-state index >= 15 is 0 Å². The van der Waals surface area contributed by atoms with Crippen LogP contribution in [0.5, 0.6) is 0 Å². The van der Waals surface area contributed by atoms with E-state index in [-0.39, 0.29) is 23.5 Å². The largest absolute Gasteiger partial charge is 0.379 e. The van der Waals surface area contributed by atoms with E-state index in [4.69, 9.17) is 4.74 Å². The zero-order valence-electron chi connectivity index (χ0n) is 14.3. The lowest BCUT2D eigenvalue weighted by molar-refractivity contribution is 0.0349. The number of hydrogen-bond donors (Lipinski definition) is 0. The number of carbonyl (C=O) groups excluding carboxylic acids is 1. The van der Waals surface area contributed by atoms with Crippen LogP contribution in [0.25, 0.3) is 0 Å². The molecule has 1 unspecified atom stereocenters. The summed E-state index contributed by atoms with van der Waals surface area (Å²) in [4.78, 5) is 21.0. The van der Waals surface area contributed by atoms with Crippen molar-refractivity contribution >= 4 is 15.7 Å². The first-order chi connectivity index (χ1) is 12.1. The molecule has 2 aliphatic rings. The Bertz CT molecular complexity index is 674. The van der Waals surface area contributed by atoms with E-state index in [2.05, 4.69) is 9.88 Å². The molecule has 0 bridgehead atoms. The van der Waals surface area contributed by atoms with E-state index in [9.17, 15) is 13.2 Å². The third-order valence-corrected chi connectivity index (χ3v) is 6.55. The summed E-state index contributed by atoms with van der Waals surface area (Å²) in [5.74, 6) is 0.103. The zero-order valence-corrected chi connectivity index (χ0v) is 15.2. The van der Waals surface area contributed by atoms with Gasteiger partial charge in [-0.15, -0.1) is 0 Å². The predicted molar refractivity (Wildman–Crippen MR) is 94.2 cm³/mol. The van der Waals surface area contributed by atoms with Gasteiger partial charge in [-0.25, -0.2) is 8.42 Å². The fourth-order valence-electron chi connectivity index (χ4n) is 3.42. The highest BCUT2D eigenvalue weighted by Gasteiger charge is 2.34. The van der Waals surface area contributed by atoms with Crippen LogP contribution in [0.1, 0.15) is 23.2 Å². The molecule has 0 aliphatic carbocycles. The van der Waals surface area contributed by atoms with Crippen LogP contribution in [-0.2, 0) is 14.6 Å². The van der Waals surface area contributed by atoms with Gasteiger partial charge in [-0.1, -0.05) is 0 Å². The van der Waals surface area contributed by atoms with Gasteiger partial charge in [0.1, 0.15) is 0 Å². The lowest BCUT2D eigenvalue weighted by atomic mass is 10.1. The summed E-state index contributed by atoms with van der Waals surface area (Å²) in [5.41, 5.74) is 0.512. The van der Waals surface area contributed by atoms with E-state index in [1.807, 2.05) is 0 Å². The van der Waals surface area contributed by atoms with Gasteiger partial charge in [0.05, 0.1) is 30.3 Å². The summed E-state index contributed by atoms with van der Waals surface area (Å²) in [6, 6.07) is 3.22. The van der Waals surface area contributed by atoms with Gasteiger partial charge >= 0.3 is 0 Å². The van der Waals surface area contributed by atoms with Gasteiger partial charge < -0.3 is 9.64 Å². The number of amides is 1. The summed E-state index contributed by atoms with van der Waals surface area (Å²) in [6.07, 6.45) is 4.51.